The second kappa shape index (κ2) is 6.66. The zero-order chi connectivity index (χ0) is 14.6. The van der Waals surface area contributed by atoms with Gasteiger partial charge in [-0.15, -0.1) is 11.3 Å². The summed E-state index contributed by atoms with van der Waals surface area (Å²) in [5.41, 5.74) is 0. The molecule has 0 aromatic carbocycles. The van der Waals surface area contributed by atoms with Crippen molar-refractivity contribution < 1.29 is 13.2 Å². The summed E-state index contributed by atoms with van der Waals surface area (Å²) in [4.78, 5) is 12.6. The number of sulfonamides is 1. The van der Waals surface area contributed by atoms with Gasteiger partial charge in [-0.25, -0.2) is 13.1 Å². The molecule has 0 aliphatic carbocycles. The highest BCUT2D eigenvalue weighted by molar-refractivity contribution is 7.91. The molecule has 1 saturated heterocycles. The van der Waals surface area contributed by atoms with Crippen molar-refractivity contribution in [3.8, 4) is 0 Å². The molecular weight excluding hydrogens is 298 g/mol. The van der Waals surface area contributed by atoms with Crippen molar-refractivity contribution in [2.24, 2.45) is 0 Å². The highest BCUT2D eigenvalue weighted by Gasteiger charge is 2.21. The molecule has 0 radical (unpaired) electrons. The van der Waals surface area contributed by atoms with Gasteiger partial charge in [0.25, 0.3) is 0 Å². The zero-order valence-electron chi connectivity index (χ0n) is 11.3. The number of amides is 1. The normalized spacial score (nSPS) is 19.1. The number of hydrogen-bond acceptors (Lipinski definition) is 5. The standard InChI is InChI=1S/C12H19N3O3S2/c1-9-4-5-11(19-9)20(17,18)15-8-7-14-12(16)10-3-2-6-13-10/h4-5,10,13,15H,2-3,6-8H2,1H3,(H,14,16). The lowest BCUT2D eigenvalue weighted by atomic mass is 10.2. The van der Waals surface area contributed by atoms with Crippen LogP contribution in [0.15, 0.2) is 16.3 Å². The smallest absolute Gasteiger partial charge is 0.250 e. The SMILES string of the molecule is Cc1ccc(S(=O)(=O)NCCNC(=O)C2CCCN2)s1. The Morgan fingerprint density at radius 1 is 1.45 bits per heavy atom. The van der Waals surface area contributed by atoms with Crippen molar-refractivity contribution in [1.82, 2.24) is 15.4 Å². The van der Waals surface area contributed by atoms with E-state index in [-0.39, 0.29) is 18.5 Å². The average molecular weight is 317 g/mol. The molecule has 3 N–H and O–H groups in total. The van der Waals surface area contributed by atoms with Crippen LogP contribution in [-0.4, -0.2) is 40.0 Å². The second-order valence-electron chi connectivity index (χ2n) is 4.70. The van der Waals surface area contributed by atoms with Gasteiger partial charge >= 0.3 is 0 Å². The molecule has 1 aromatic heterocycles. The van der Waals surface area contributed by atoms with Gasteiger partial charge in [0.1, 0.15) is 4.21 Å². The number of rotatable bonds is 6. The maximum atomic E-state index is 11.9. The van der Waals surface area contributed by atoms with Crippen LogP contribution < -0.4 is 15.4 Å². The number of nitrogens with one attached hydrogen (secondary N) is 3. The number of carbonyl (C=O) groups is 1. The van der Waals surface area contributed by atoms with Crippen molar-refractivity contribution in [2.45, 2.75) is 30.0 Å². The maximum Gasteiger partial charge on any atom is 0.250 e. The van der Waals surface area contributed by atoms with E-state index in [0.717, 1.165) is 24.3 Å². The Morgan fingerprint density at radius 3 is 2.85 bits per heavy atom. The van der Waals surface area contributed by atoms with Crippen LogP contribution in [0.5, 0.6) is 0 Å². The average Bonchev–Trinajstić information content (AvgIpc) is 3.05. The Balaban J connectivity index is 1.74. The minimum absolute atomic E-state index is 0.0614. The van der Waals surface area contributed by atoms with Gasteiger partial charge in [0.05, 0.1) is 6.04 Å². The third-order valence-electron chi connectivity index (χ3n) is 3.07. The van der Waals surface area contributed by atoms with Crippen LogP contribution in [0, 0.1) is 6.92 Å². The number of carbonyl (C=O) groups excluding carboxylic acids is 1. The first-order chi connectivity index (χ1) is 9.49. The molecule has 0 spiro atoms. The van der Waals surface area contributed by atoms with Crippen LogP contribution >= 0.6 is 11.3 Å². The number of aryl methyl sites for hydroxylation is 1. The van der Waals surface area contributed by atoms with E-state index in [1.54, 1.807) is 12.1 Å². The Morgan fingerprint density at radius 2 is 2.25 bits per heavy atom. The number of thiophene rings is 1. The van der Waals surface area contributed by atoms with E-state index in [4.69, 9.17) is 0 Å². The van der Waals surface area contributed by atoms with Crippen LogP contribution in [0.3, 0.4) is 0 Å². The lowest BCUT2D eigenvalue weighted by Gasteiger charge is -2.11. The van der Waals surface area contributed by atoms with E-state index in [2.05, 4.69) is 15.4 Å². The third kappa shape index (κ3) is 4.02. The first-order valence-electron chi connectivity index (χ1n) is 6.56. The molecule has 20 heavy (non-hydrogen) atoms. The van der Waals surface area contributed by atoms with E-state index in [0.29, 0.717) is 10.8 Å². The molecule has 112 valence electrons. The van der Waals surface area contributed by atoms with Crippen molar-refractivity contribution in [3.05, 3.63) is 17.0 Å². The summed E-state index contributed by atoms with van der Waals surface area (Å²) < 4.78 is 26.6. The van der Waals surface area contributed by atoms with Crippen molar-refractivity contribution in [2.75, 3.05) is 19.6 Å². The summed E-state index contributed by atoms with van der Waals surface area (Å²) >= 11 is 1.23. The third-order valence-corrected chi connectivity index (χ3v) is 6.03. The van der Waals surface area contributed by atoms with Crippen molar-refractivity contribution >= 4 is 27.3 Å². The summed E-state index contributed by atoms with van der Waals surface area (Å²) in [5, 5.41) is 5.82. The molecule has 0 saturated carbocycles. The quantitative estimate of drug-likeness (QED) is 0.654. The largest absolute Gasteiger partial charge is 0.353 e. The van der Waals surface area contributed by atoms with Crippen LogP contribution in [0.2, 0.25) is 0 Å². The molecule has 1 aromatic rings. The van der Waals surface area contributed by atoms with E-state index in [1.807, 2.05) is 6.92 Å². The fourth-order valence-electron chi connectivity index (χ4n) is 2.03. The predicted octanol–water partition coefficient (Wildman–Crippen LogP) is 0.203. The second-order valence-corrected chi connectivity index (χ2v) is 7.98. The van der Waals surface area contributed by atoms with E-state index < -0.39 is 10.0 Å². The van der Waals surface area contributed by atoms with Crippen LogP contribution in [0.4, 0.5) is 0 Å². The molecule has 1 unspecified atom stereocenters. The summed E-state index contributed by atoms with van der Waals surface area (Å²) in [6.07, 6.45) is 1.84. The highest BCUT2D eigenvalue weighted by atomic mass is 32.2. The fourth-order valence-corrected chi connectivity index (χ4v) is 4.39. The molecule has 1 fully saturated rings. The van der Waals surface area contributed by atoms with Gasteiger partial charge in [-0.2, -0.15) is 0 Å². The first-order valence-corrected chi connectivity index (χ1v) is 8.86. The van der Waals surface area contributed by atoms with E-state index in [1.165, 1.54) is 11.3 Å². The molecule has 0 bridgehead atoms. The monoisotopic (exact) mass is 317 g/mol. The van der Waals surface area contributed by atoms with Crippen LogP contribution in [-0.2, 0) is 14.8 Å². The minimum atomic E-state index is -3.45. The summed E-state index contributed by atoms with van der Waals surface area (Å²) in [7, 11) is -3.45. The van der Waals surface area contributed by atoms with Gasteiger partial charge in [-0.3, -0.25) is 4.79 Å². The van der Waals surface area contributed by atoms with E-state index >= 15 is 0 Å². The van der Waals surface area contributed by atoms with Gasteiger partial charge in [-0.05, 0) is 38.4 Å². The predicted molar refractivity (Wildman–Crippen MR) is 78.3 cm³/mol. The first kappa shape index (κ1) is 15.4. The van der Waals surface area contributed by atoms with E-state index in [9.17, 15) is 13.2 Å². The van der Waals surface area contributed by atoms with Crippen LogP contribution in [0.25, 0.3) is 0 Å². The molecule has 6 nitrogen and oxygen atoms in total. The lowest BCUT2D eigenvalue weighted by molar-refractivity contribution is -0.122. The molecule has 2 heterocycles. The van der Waals surface area contributed by atoms with Gasteiger partial charge in [0.2, 0.25) is 15.9 Å². The van der Waals surface area contributed by atoms with Gasteiger partial charge < -0.3 is 10.6 Å². The molecular formula is C12H19N3O3S2. The van der Waals surface area contributed by atoms with Crippen molar-refractivity contribution in [1.29, 1.82) is 0 Å². The van der Waals surface area contributed by atoms with Crippen molar-refractivity contribution in [3.63, 3.8) is 0 Å². The molecule has 1 amide bonds. The topological polar surface area (TPSA) is 87.3 Å². The minimum Gasteiger partial charge on any atom is -0.353 e. The highest BCUT2D eigenvalue weighted by Crippen LogP contribution is 2.19. The molecule has 2 rings (SSSR count). The van der Waals surface area contributed by atoms with Gasteiger partial charge in [0.15, 0.2) is 0 Å². The van der Waals surface area contributed by atoms with Gasteiger partial charge in [0, 0.05) is 18.0 Å². The molecule has 8 heteroatoms. The van der Waals surface area contributed by atoms with Crippen LogP contribution in [0.1, 0.15) is 17.7 Å². The Labute approximate surface area is 123 Å². The molecule has 1 aliphatic rings. The Kier molecular flexibility index (Phi) is 5.14. The molecule has 1 atom stereocenters. The fraction of sp³-hybridized carbons (Fsp3) is 0.583. The Bertz CT molecular complexity index is 562. The summed E-state index contributed by atoms with van der Waals surface area (Å²) in [5.74, 6) is -0.0614. The summed E-state index contributed by atoms with van der Waals surface area (Å²) in [6, 6.07) is 3.22. The Hall–Kier alpha value is -0.960. The lowest BCUT2D eigenvalue weighted by Crippen LogP contribution is -2.43. The number of hydrogen-bond donors (Lipinski definition) is 3. The summed E-state index contributed by atoms with van der Waals surface area (Å²) in [6.45, 7) is 3.21. The zero-order valence-corrected chi connectivity index (χ0v) is 12.9. The maximum absolute atomic E-state index is 11.9. The van der Waals surface area contributed by atoms with Gasteiger partial charge in [-0.1, -0.05) is 0 Å². The molecule has 1 aliphatic heterocycles.